The lowest BCUT2D eigenvalue weighted by molar-refractivity contribution is -0.165. The molecule has 9 nitrogen and oxygen atoms in total. The molecule has 0 N–H and O–H groups in total. The summed E-state index contributed by atoms with van der Waals surface area (Å²) in [6, 6.07) is 4.41. The molecule has 3 aliphatic heterocycles. The molecule has 2 fully saturated rings. The van der Waals surface area contributed by atoms with Crippen molar-refractivity contribution in [2.75, 3.05) is 6.54 Å². The molecule has 1 aromatic carbocycles. The van der Waals surface area contributed by atoms with Gasteiger partial charge in [0, 0.05) is 13.0 Å². The molecular formula is C22H25N3O6. The van der Waals surface area contributed by atoms with Crippen LogP contribution in [-0.4, -0.2) is 68.7 Å². The van der Waals surface area contributed by atoms with E-state index in [2.05, 4.69) is 0 Å². The molecule has 2 saturated heterocycles. The first kappa shape index (κ1) is 21.0. The second kappa shape index (κ2) is 7.47. The van der Waals surface area contributed by atoms with Gasteiger partial charge in [-0.25, -0.2) is 14.8 Å². The van der Waals surface area contributed by atoms with Gasteiger partial charge < -0.3 is 4.74 Å². The molecule has 4 amide bonds. The molecule has 0 spiro atoms. The molecule has 0 aliphatic carbocycles. The van der Waals surface area contributed by atoms with Crippen molar-refractivity contribution < 1.29 is 28.7 Å². The largest absolute Gasteiger partial charge is 0.442 e. The Labute approximate surface area is 179 Å². The Hall–Kier alpha value is -3.23. The second-order valence-electron chi connectivity index (χ2n) is 8.99. The summed E-state index contributed by atoms with van der Waals surface area (Å²) >= 11 is 0. The number of nitrogens with zero attached hydrogens (tertiary/aromatic N) is 3. The highest BCUT2D eigenvalue weighted by molar-refractivity contribution is 6.23. The van der Waals surface area contributed by atoms with Crippen molar-refractivity contribution in [3.05, 3.63) is 35.4 Å². The van der Waals surface area contributed by atoms with Crippen LogP contribution >= 0.6 is 0 Å². The third kappa shape index (κ3) is 3.58. The minimum absolute atomic E-state index is 0.0261. The van der Waals surface area contributed by atoms with Crippen LogP contribution in [-0.2, 0) is 14.3 Å². The third-order valence-electron chi connectivity index (χ3n) is 5.69. The van der Waals surface area contributed by atoms with Crippen molar-refractivity contribution in [2.45, 2.75) is 64.1 Å². The van der Waals surface area contributed by atoms with E-state index in [4.69, 9.17) is 4.74 Å². The van der Waals surface area contributed by atoms with Gasteiger partial charge in [0.2, 0.25) is 0 Å². The van der Waals surface area contributed by atoms with E-state index in [0.717, 1.165) is 14.9 Å². The summed E-state index contributed by atoms with van der Waals surface area (Å²) in [4.78, 5) is 66.1. The molecule has 0 saturated carbocycles. The van der Waals surface area contributed by atoms with Gasteiger partial charge in [0.05, 0.1) is 11.1 Å². The molecule has 9 heteroatoms. The van der Waals surface area contributed by atoms with Gasteiger partial charge in [-0.15, -0.1) is 0 Å². The maximum Gasteiger partial charge on any atom is 0.429 e. The van der Waals surface area contributed by atoms with Gasteiger partial charge >= 0.3 is 6.09 Å². The number of hydrazine groups is 1. The van der Waals surface area contributed by atoms with E-state index in [0.29, 0.717) is 12.8 Å². The lowest BCUT2D eigenvalue weighted by Gasteiger charge is -2.43. The first-order valence-corrected chi connectivity index (χ1v) is 10.4. The summed E-state index contributed by atoms with van der Waals surface area (Å²) in [6.07, 6.45) is 0.280. The van der Waals surface area contributed by atoms with Gasteiger partial charge in [-0.3, -0.25) is 24.1 Å². The van der Waals surface area contributed by atoms with Gasteiger partial charge in [0.25, 0.3) is 17.7 Å². The lowest BCUT2D eigenvalue weighted by atomic mass is 10.0. The van der Waals surface area contributed by atoms with Crippen LogP contribution in [0.2, 0.25) is 0 Å². The number of carbonyl (C=O) groups is 5. The Morgan fingerprint density at radius 2 is 1.58 bits per heavy atom. The summed E-state index contributed by atoms with van der Waals surface area (Å²) in [5, 5.41) is 2.28. The number of ketones is 1. The molecule has 1 aromatic rings. The average Bonchev–Trinajstić information content (AvgIpc) is 2.89. The highest BCUT2D eigenvalue weighted by Crippen LogP contribution is 2.32. The Balaban J connectivity index is 1.69. The Bertz CT molecular complexity index is 947. The molecule has 2 unspecified atom stereocenters. The summed E-state index contributed by atoms with van der Waals surface area (Å²) in [5.74, 6) is -1.94. The molecule has 3 aliphatic rings. The van der Waals surface area contributed by atoms with Crippen molar-refractivity contribution in [2.24, 2.45) is 0 Å². The summed E-state index contributed by atoms with van der Waals surface area (Å²) in [6.45, 7) is 5.34. The highest BCUT2D eigenvalue weighted by atomic mass is 16.6. The fourth-order valence-electron chi connectivity index (χ4n) is 4.35. The van der Waals surface area contributed by atoms with Crippen LogP contribution in [0.1, 0.15) is 67.2 Å². The number of rotatable bonds is 1. The van der Waals surface area contributed by atoms with Crippen LogP contribution in [0.5, 0.6) is 0 Å². The Morgan fingerprint density at radius 1 is 0.968 bits per heavy atom. The summed E-state index contributed by atoms with van der Waals surface area (Å²) in [5.41, 5.74) is -0.324. The van der Waals surface area contributed by atoms with E-state index >= 15 is 0 Å². The maximum atomic E-state index is 13.6. The number of imide groups is 1. The van der Waals surface area contributed by atoms with E-state index in [1.807, 2.05) is 0 Å². The topological polar surface area (TPSA) is 104 Å². The van der Waals surface area contributed by atoms with Gasteiger partial charge in [0.15, 0.2) is 5.78 Å². The fraction of sp³-hybridized carbons (Fsp3) is 0.500. The first-order valence-electron chi connectivity index (χ1n) is 10.4. The van der Waals surface area contributed by atoms with Crippen LogP contribution in [0.4, 0.5) is 4.79 Å². The first-order chi connectivity index (χ1) is 14.6. The number of hydrogen-bond donors (Lipinski definition) is 0. The standard InChI is InChI=1S/C22H25N3O6/c1-22(2,3)31-21(30)23-12-6-9-15-17(26)11-10-16(20(29)25(15)23)24-18(27)13-7-4-5-8-14(13)19(24)28/h4-5,7-8,15-16H,6,9-12H2,1-3H3. The second-order valence-corrected chi connectivity index (χ2v) is 8.99. The zero-order valence-corrected chi connectivity index (χ0v) is 17.8. The molecule has 2 atom stereocenters. The van der Waals surface area contributed by atoms with E-state index in [1.54, 1.807) is 45.0 Å². The SMILES string of the molecule is CC(C)(C)OC(=O)N1CCCC2C(=O)CCC(N3C(=O)c4ccccc4C3=O)C(=O)N21. The van der Waals surface area contributed by atoms with E-state index in [1.165, 1.54) is 0 Å². The van der Waals surface area contributed by atoms with Crippen LogP contribution in [0.25, 0.3) is 0 Å². The van der Waals surface area contributed by atoms with Crippen LogP contribution < -0.4 is 0 Å². The molecule has 0 aromatic heterocycles. The minimum Gasteiger partial charge on any atom is -0.442 e. The van der Waals surface area contributed by atoms with E-state index < -0.39 is 41.5 Å². The molecule has 0 radical (unpaired) electrons. The quantitative estimate of drug-likeness (QED) is 0.636. The van der Waals surface area contributed by atoms with Gasteiger partial charge in [-0.1, -0.05) is 12.1 Å². The number of Topliss-reactive ketones (excluding diaryl/α,β-unsaturated/α-hetero) is 1. The molecular weight excluding hydrogens is 402 g/mol. The molecule has 3 heterocycles. The van der Waals surface area contributed by atoms with Crippen LogP contribution in [0, 0.1) is 0 Å². The Kier molecular flexibility index (Phi) is 5.07. The average molecular weight is 427 g/mol. The molecule has 4 rings (SSSR count). The molecule has 0 bridgehead atoms. The number of benzene rings is 1. The van der Waals surface area contributed by atoms with Crippen molar-refractivity contribution >= 4 is 29.6 Å². The van der Waals surface area contributed by atoms with Gasteiger partial charge in [0.1, 0.15) is 17.7 Å². The van der Waals surface area contributed by atoms with Crippen LogP contribution in [0.15, 0.2) is 24.3 Å². The van der Waals surface area contributed by atoms with E-state index in [-0.39, 0.29) is 36.3 Å². The third-order valence-corrected chi connectivity index (χ3v) is 5.69. The zero-order chi connectivity index (χ0) is 22.5. The number of hydrogen-bond acceptors (Lipinski definition) is 6. The number of fused-ring (bicyclic) bond motifs is 2. The summed E-state index contributed by atoms with van der Waals surface area (Å²) in [7, 11) is 0. The minimum atomic E-state index is -1.16. The van der Waals surface area contributed by atoms with Crippen molar-refractivity contribution in [3.8, 4) is 0 Å². The van der Waals surface area contributed by atoms with Crippen molar-refractivity contribution in [1.82, 2.24) is 14.9 Å². The summed E-state index contributed by atoms with van der Waals surface area (Å²) < 4.78 is 5.44. The predicted octanol–water partition coefficient (Wildman–Crippen LogP) is 2.16. The zero-order valence-electron chi connectivity index (χ0n) is 17.8. The smallest absolute Gasteiger partial charge is 0.429 e. The van der Waals surface area contributed by atoms with Gasteiger partial charge in [-0.2, -0.15) is 0 Å². The lowest BCUT2D eigenvalue weighted by Crippen LogP contribution is -2.63. The van der Waals surface area contributed by atoms with Crippen LogP contribution in [0.3, 0.4) is 0 Å². The number of amides is 4. The molecule has 31 heavy (non-hydrogen) atoms. The highest BCUT2D eigenvalue weighted by Gasteiger charge is 2.50. The van der Waals surface area contributed by atoms with E-state index in [9.17, 15) is 24.0 Å². The number of carbonyl (C=O) groups excluding carboxylic acids is 5. The Morgan fingerprint density at radius 3 is 2.16 bits per heavy atom. The fourth-order valence-corrected chi connectivity index (χ4v) is 4.35. The monoisotopic (exact) mass is 427 g/mol. The normalized spacial score (nSPS) is 24.2. The van der Waals surface area contributed by atoms with Crippen molar-refractivity contribution in [1.29, 1.82) is 0 Å². The maximum absolute atomic E-state index is 13.6. The van der Waals surface area contributed by atoms with Crippen molar-refractivity contribution in [3.63, 3.8) is 0 Å². The molecule has 164 valence electrons. The van der Waals surface area contributed by atoms with Gasteiger partial charge in [-0.05, 0) is 52.2 Å². The number of ether oxygens (including phenoxy) is 1. The predicted molar refractivity (Wildman–Crippen MR) is 108 cm³/mol.